The number of rotatable bonds is 3. The lowest BCUT2D eigenvalue weighted by molar-refractivity contribution is -0.122. The van der Waals surface area contributed by atoms with Gasteiger partial charge in [-0.1, -0.05) is 0 Å². The Kier molecular flexibility index (Phi) is 6.84. The molecular formula is C21H22N4O7. The number of methoxy groups -OCH3 is 1. The van der Waals surface area contributed by atoms with Crippen molar-refractivity contribution in [3.63, 3.8) is 0 Å². The first-order valence-electron chi connectivity index (χ1n) is 9.67. The minimum absolute atomic E-state index is 0.0908. The van der Waals surface area contributed by atoms with E-state index in [-0.39, 0.29) is 37.8 Å². The highest BCUT2D eigenvalue weighted by molar-refractivity contribution is 5.82. The number of nitriles is 1. The largest absolute Gasteiger partial charge is 0.493 e. The van der Waals surface area contributed by atoms with Crippen molar-refractivity contribution in [2.45, 2.75) is 19.9 Å². The van der Waals surface area contributed by atoms with E-state index in [1.165, 1.54) is 7.11 Å². The highest BCUT2D eigenvalue weighted by Crippen LogP contribution is 2.46. The summed E-state index contributed by atoms with van der Waals surface area (Å²) in [6, 6.07) is 5.70. The number of carbonyl (C=O) groups is 2. The van der Waals surface area contributed by atoms with Crippen molar-refractivity contribution in [1.82, 2.24) is 9.88 Å². The van der Waals surface area contributed by atoms with Gasteiger partial charge in [-0.3, -0.25) is 4.79 Å². The molecule has 11 heteroatoms. The van der Waals surface area contributed by atoms with Crippen LogP contribution in [0.4, 0.5) is 10.6 Å². The van der Waals surface area contributed by atoms with Crippen LogP contribution in [0.3, 0.4) is 0 Å². The number of nitrogens with zero attached hydrogens (tertiary/aromatic N) is 3. The lowest BCUT2D eigenvalue weighted by Gasteiger charge is -2.30. The maximum absolute atomic E-state index is 12.3. The summed E-state index contributed by atoms with van der Waals surface area (Å²) in [7, 11) is 1.53. The zero-order valence-corrected chi connectivity index (χ0v) is 17.6. The van der Waals surface area contributed by atoms with Crippen molar-refractivity contribution in [2.24, 2.45) is 0 Å². The molecule has 0 bridgehead atoms. The predicted octanol–water partition coefficient (Wildman–Crippen LogP) is 2.16. The molecule has 0 saturated carbocycles. The van der Waals surface area contributed by atoms with Gasteiger partial charge in [0, 0.05) is 24.1 Å². The molecule has 2 aromatic rings. The number of carboxylic acid groups (broad SMARTS) is 1. The van der Waals surface area contributed by atoms with Crippen LogP contribution < -0.4 is 19.9 Å². The summed E-state index contributed by atoms with van der Waals surface area (Å²) in [6.45, 7) is 2.62. The van der Waals surface area contributed by atoms with Gasteiger partial charge in [-0.25, -0.2) is 9.78 Å². The standard InChI is InChI=1S/C20H20N4O5.CH2O2/c1-3-27-20(25)24-5-4-14-13(9-24)17(12(8-21)19(22)23-14)11-6-15(26-2)18-16(7-11)28-10-29-18;2-1-3/h6-7H,3-5,9-10H2,1-2H3,(H2,22,23);1H,(H,2,3). The van der Waals surface area contributed by atoms with E-state index in [0.29, 0.717) is 41.3 Å². The third kappa shape index (κ3) is 4.15. The molecule has 0 unspecified atom stereocenters. The van der Waals surface area contributed by atoms with Gasteiger partial charge in [-0.05, 0) is 24.6 Å². The fourth-order valence-electron chi connectivity index (χ4n) is 3.66. The number of hydrogen-bond donors (Lipinski definition) is 2. The monoisotopic (exact) mass is 442 g/mol. The molecule has 1 aromatic carbocycles. The van der Waals surface area contributed by atoms with Gasteiger partial charge in [0.25, 0.3) is 6.47 Å². The Morgan fingerprint density at radius 2 is 2.19 bits per heavy atom. The molecular weight excluding hydrogens is 420 g/mol. The molecule has 3 N–H and O–H groups in total. The molecule has 0 saturated heterocycles. The number of carbonyl (C=O) groups excluding carboxylic acids is 1. The minimum Gasteiger partial charge on any atom is -0.493 e. The van der Waals surface area contributed by atoms with Crippen LogP contribution in [0, 0.1) is 11.3 Å². The first kappa shape index (κ1) is 22.5. The Morgan fingerprint density at radius 1 is 1.44 bits per heavy atom. The van der Waals surface area contributed by atoms with Gasteiger partial charge < -0.3 is 34.7 Å². The molecule has 0 aliphatic carbocycles. The number of aromatic nitrogens is 1. The van der Waals surface area contributed by atoms with Gasteiger partial charge in [0.2, 0.25) is 12.5 Å². The summed E-state index contributed by atoms with van der Waals surface area (Å²) >= 11 is 0. The maximum Gasteiger partial charge on any atom is 0.410 e. The fraction of sp³-hybridized carbons (Fsp3) is 0.333. The van der Waals surface area contributed by atoms with Gasteiger partial charge in [-0.2, -0.15) is 5.26 Å². The third-order valence-electron chi connectivity index (χ3n) is 4.96. The predicted molar refractivity (Wildman–Crippen MR) is 111 cm³/mol. The summed E-state index contributed by atoms with van der Waals surface area (Å²) in [5.41, 5.74) is 9.15. The smallest absolute Gasteiger partial charge is 0.410 e. The van der Waals surface area contributed by atoms with E-state index in [1.807, 2.05) is 0 Å². The Balaban J connectivity index is 0.000000913. The zero-order valence-electron chi connectivity index (χ0n) is 17.6. The summed E-state index contributed by atoms with van der Waals surface area (Å²) in [4.78, 5) is 26.6. The Hall–Kier alpha value is -4.20. The number of hydrogen-bond acceptors (Lipinski definition) is 9. The van der Waals surface area contributed by atoms with Crippen molar-refractivity contribution >= 4 is 18.4 Å². The Labute approximate surface area is 183 Å². The quantitative estimate of drug-likeness (QED) is 0.675. The normalized spacial score (nSPS) is 13.2. The van der Waals surface area contributed by atoms with Crippen LogP contribution in [0.1, 0.15) is 23.7 Å². The molecule has 0 radical (unpaired) electrons. The molecule has 0 spiro atoms. The van der Waals surface area contributed by atoms with Gasteiger partial charge in [0.1, 0.15) is 17.5 Å². The zero-order chi connectivity index (χ0) is 23.3. The number of nitrogens with two attached hydrogens (primary N) is 1. The van der Waals surface area contributed by atoms with Crippen molar-refractivity contribution in [1.29, 1.82) is 5.26 Å². The van der Waals surface area contributed by atoms with Gasteiger partial charge >= 0.3 is 6.09 Å². The number of ether oxygens (including phenoxy) is 4. The SMILES string of the molecule is CCOC(=O)N1CCc2nc(N)c(C#N)c(-c3cc(OC)c4c(c3)OCO4)c2C1.O=CO. The highest BCUT2D eigenvalue weighted by Gasteiger charge is 2.30. The summed E-state index contributed by atoms with van der Waals surface area (Å²) < 4.78 is 21.6. The van der Waals surface area contributed by atoms with E-state index in [1.54, 1.807) is 24.0 Å². The maximum atomic E-state index is 12.3. The van der Waals surface area contributed by atoms with Crippen LogP contribution in [0.5, 0.6) is 17.2 Å². The van der Waals surface area contributed by atoms with Crippen molar-refractivity contribution in [2.75, 3.05) is 32.8 Å². The van der Waals surface area contributed by atoms with Gasteiger partial charge in [-0.15, -0.1) is 0 Å². The Morgan fingerprint density at radius 3 is 2.84 bits per heavy atom. The number of nitrogen functional groups attached to an aromatic ring is 1. The fourth-order valence-corrected chi connectivity index (χ4v) is 3.66. The molecule has 11 nitrogen and oxygen atoms in total. The van der Waals surface area contributed by atoms with Gasteiger partial charge in [0.15, 0.2) is 11.5 Å². The van der Waals surface area contributed by atoms with Crippen LogP contribution >= 0.6 is 0 Å². The minimum atomic E-state index is -0.400. The number of benzene rings is 1. The number of pyridine rings is 1. The van der Waals surface area contributed by atoms with Crippen molar-refractivity contribution in [3.05, 3.63) is 29.0 Å². The lowest BCUT2D eigenvalue weighted by atomic mass is 9.90. The summed E-state index contributed by atoms with van der Waals surface area (Å²) in [6.07, 6.45) is 0.112. The van der Waals surface area contributed by atoms with E-state index >= 15 is 0 Å². The van der Waals surface area contributed by atoms with Crippen LogP contribution in [0.25, 0.3) is 11.1 Å². The number of fused-ring (bicyclic) bond motifs is 2. The molecule has 2 aliphatic heterocycles. The number of amides is 1. The lowest BCUT2D eigenvalue weighted by Crippen LogP contribution is -2.37. The number of anilines is 1. The second kappa shape index (κ2) is 9.74. The van der Waals surface area contributed by atoms with E-state index in [4.69, 9.17) is 34.6 Å². The molecule has 3 heterocycles. The van der Waals surface area contributed by atoms with Crippen molar-refractivity contribution < 1.29 is 33.6 Å². The Bertz CT molecular complexity index is 1080. The molecule has 32 heavy (non-hydrogen) atoms. The highest BCUT2D eigenvalue weighted by atomic mass is 16.7. The topological polar surface area (TPSA) is 157 Å². The van der Waals surface area contributed by atoms with Crippen LogP contribution in [0.15, 0.2) is 12.1 Å². The first-order chi connectivity index (χ1) is 15.5. The second-order valence-corrected chi connectivity index (χ2v) is 6.67. The average molecular weight is 442 g/mol. The molecule has 0 atom stereocenters. The third-order valence-corrected chi connectivity index (χ3v) is 4.96. The van der Waals surface area contributed by atoms with Gasteiger partial charge in [0.05, 0.1) is 26.0 Å². The van der Waals surface area contributed by atoms with E-state index in [0.717, 1.165) is 11.3 Å². The van der Waals surface area contributed by atoms with Crippen LogP contribution in [-0.4, -0.2) is 54.6 Å². The molecule has 4 rings (SSSR count). The molecule has 0 fully saturated rings. The van der Waals surface area contributed by atoms with E-state index < -0.39 is 6.09 Å². The van der Waals surface area contributed by atoms with Crippen LogP contribution in [0.2, 0.25) is 0 Å². The molecule has 2 aliphatic rings. The second-order valence-electron chi connectivity index (χ2n) is 6.67. The molecule has 1 amide bonds. The van der Waals surface area contributed by atoms with E-state index in [2.05, 4.69) is 11.1 Å². The van der Waals surface area contributed by atoms with E-state index in [9.17, 15) is 10.1 Å². The summed E-state index contributed by atoms with van der Waals surface area (Å²) in [5.74, 6) is 1.67. The first-order valence-corrected chi connectivity index (χ1v) is 9.67. The molecule has 168 valence electrons. The van der Waals surface area contributed by atoms with Crippen molar-refractivity contribution in [3.8, 4) is 34.4 Å². The van der Waals surface area contributed by atoms with Crippen LogP contribution in [-0.2, 0) is 22.5 Å². The summed E-state index contributed by atoms with van der Waals surface area (Å²) in [5, 5.41) is 16.7. The molecule has 1 aromatic heterocycles. The average Bonchev–Trinajstić information content (AvgIpc) is 3.26.